The number of rotatable bonds is 6. The second-order valence-electron chi connectivity index (χ2n) is 3.20. The normalized spacial score (nSPS) is 9.85. The van der Waals surface area contributed by atoms with Gasteiger partial charge >= 0.3 is 0 Å². The molecular formula is C13H17. The fourth-order valence-corrected chi connectivity index (χ4v) is 1.35. The second-order valence-corrected chi connectivity index (χ2v) is 3.20. The summed E-state index contributed by atoms with van der Waals surface area (Å²) in [6.45, 7) is 3.66. The van der Waals surface area contributed by atoms with Crippen molar-refractivity contribution in [1.82, 2.24) is 0 Å². The van der Waals surface area contributed by atoms with Crippen LogP contribution in [0.4, 0.5) is 0 Å². The lowest BCUT2D eigenvalue weighted by molar-refractivity contribution is 0.734. The van der Waals surface area contributed by atoms with E-state index < -0.39 is 0 Å². The van der Waals surface area contributed by atoms with E-state index in [0.29, 0.717) is 0 Å². The molecule has 1 radical (unpaired) electrons. The first-order valence-electron chi connectivity index (χ1n) is 4.91. The van der Waals surface area contributed by atoms with Gasteiger partial charge in [0.15, 0.2) is 0 Å². The largest absolute Gasteiger partial charge is 0.103 e. The van der Waals surface area contributed by atoms with Gasteiger partial charge in [-0.2, -0.15) is 0 Å². The second kappa shape index (κ2) is 6.47. The molecule has 1 aromatic carbocycles. The smallest absolute Gasteiger partial charge is 0.0173 e. The minimum absolute atomic E-state index is 1.16. The SMILES string of the molecule is C=C[CH]CCCCc1ccccc1. The van der Waals surface area contributed by atoms with Crippen molar-refractivity contribution < 1.29 is 0 Å². The van der Waals surface area contributed by atoms with Gasteiger partial charge in [-0.1, -0.05) is 42.8 Å². The van der Waals surface area contributed by atoms with Crippen LogP contribution in [0.15, 0.2) is 43.0 Å². The van der Waals surface area contributed by atoms with E-state index in [1.54, 1.807) is 0 Å². The van der Waals surface area contributed by atoms with Gasteiger partial charge in [-0.05, 0) is 31.2 Å². The molecule has 0 heteroatoms. The quantitative estimate of drug-likeness (QED) is 0.574. The molecule has 0 atom stereocenters. The molecule has 0 N–H and O–H groups in total. The number of aryl methyl sites for hydroxylation is 1. The number of hydrogen-bond donors (Lipinski definition) is 0. The summed E-state index contributed by atoms with van der Waals surface area (Å²) >= 11 is 0. The highest BCUT2D eigenvalue weighted by Crippen LogP contribution is 2.06. The summed E-state index contributed by atoms with van der Waals surface area (Å²) in [4.78, 5) is 0. The van der Waals surface area contributed by atoms with Crippen molar-refractivity contribution in [1.29, 1.82) is 0 Å². The molecule has 0 saturated carbocycles. The third-order valence-corrected chi connectivity index (χ3v) is 2.10. The Morgan fingerprint density at radius 2 is 1.85 bits per heavy atom. The minimum Gasteiger partial charge on any atom is -0.103 e. The lowest BCUT2D eigenvalue weighted by Gasteiger charge is -1.99. The molecule has 0 nitrogen and oxygen atoms in total. The van der Waals surface area contributed by atoms with Gasteiger partial charge in [-0.25, -0.2) is 0 Å². The van der Waals surface area contributed by atoms with Crippen LogP contribution in [0.2, 0.25) is 0 Å². The first-order chi connectivity index (χ1) is 6.43. The maximum atomic E-state index is 3.66. The molecule has 0 aliphatic carbocycles. The van der Waals surface area contributed by atoms with Gasteiger partial charge in [0.2, 0.25) is 0 Å². The van der Waals surface area contributed by atoms with E-state index in [4.69, 9.17) is 0 Å². The van der Waals surface area contributed by atoms with Crippen molar-refractivity contribution in [3.8, 4) is 0 Å². The molecule has 0 aliphatic heterocycles. The highest BCUT2D eigenvalue weighted by Gasteiger charge is 1.91. The average Bonchev–Trinajstić information content (AvgIpc) is 2.19. The van der Waals surface area contributed by atoms with Crippen molar-refractivity contribution in [2.24, 2.45) is 0 Å². The standard InChI is InChI=1S/C13H17/c1-2-3-4-5-7-10-13-11-8-6-9-12-13/h2-3,6,8-9,11-12H,1,4-5,7,10H2. The van der Waals surface area contributed by atoms with Gasteiger partial charge in [0, 0.05) is 0 Å². The summed E-state index contributed by atoms with van der Waals surface area (Å²) in [6.07, 6.45) is 8.91. The fourth-order valence-electron chi connectivity index (χ4n) is 1.35. The highest BCUT2D eigenvalue weighted by atomic mass is 14.0. The van der Waals surface area contributed by atoms with Crippen LogP contribution >= 0.6 is 0 Å². The van der Waals surface area contributed by atoms with Gasteiger partial charge in [-0.15, -0.1) is 6.58 Å². The van der Waals surface area contributed by atoms with Crippen LogP contribution in [0.5, 0.6) is 0 Å². The first kappa shape index (κ1) is 10.0. The van der Waals surface area contributed by atoms with E-state index in [9.17, 15) is 0 Å². The van der Waals surface area contributed by atoms with E-state index in [-0.39, 0.29) is 0 Å². The Morgan fingerprint density at radius 3 is 2.54 bits per heavy atom. The third-order valence-electron chi connectivity index (χ3n) is 2.10. The van der Waals surface area contributed by atoms with Crippen molar-refractivity contribution in [2.45, 2.75) is 25.7 Å². The number of benzene rings is 1. The van der Waals surface area contributed by atoms with E-state index in [0.717, 1.165) is 6.42 Å². The fraction of sp³-hybridized carbons (Fsp3) is 0.308. The molecule has 0 heterocycles. The zero-order valence-corrected chi connectivity index (χ0v) is 8.08. The van der Waals surface area contributed by atoms with Crippen LogP contribution < -0.4 is 0 Å². The lowest BCUT2D eigenvalue weighted by atomic mass is 10.1. The molecule has 0 bridgehead atoms. The molecule has 0 amide bonds. The average molecular weight is 173 g/mol. The Balaban J connectivity index is 2.10. The summed E-state index contributed by atoms with van der Waals surface area (Å²) in [7, 11) is 0. The molecular weight excluding hydrogens is 156 g/mol. The van der Waals surface area contributed by atoms with E-state index in [1.165, 1.54) is 24.8 Å². The zero-order valence-electron chi connectivity index (χ0n) is 8.08. The third kappa shape index (κ3) is 4.51. The minimum atomic E-state index is 1.16. The number of hydrogen-bond acceptors (Lipinski definition) is 0. The number of allylic oxidation sites excluding steroid dienone is 1. The van der Waals surface area contributed by atoms with Gasteiger partial charge in [0.25, 0.3) is 0 Å². The molecule has 0 unspecified atom stereocenters. The Bertz CT molecular complexity index is 223. The van der Waals surface area contributed by atoms with E-state index in [2.05, 4.69) is 43.3 Å². The van der Waals surface area contributed by atoms with Crippen molar-refractivity contribution in [2.75, 3.05) is 0 Å². The van der Waals surface area contributed by atoms with Crippen molar-refractivity contribution >= 4 is 0 Å². The lowest BCUT2D eigenvalue weighted by Crippen LogP contribution is -1.84. The molecule has 69 valence electrons. The maximum absolute atomic E-state index is 3.66. The van der Waals surface area contributed by atoms with Crippen molar-refractivity contribution in [3.05, 3.63) is 55.0 Å². The van der Waals surface area contributed by atoms with Crippen LogP contribution in [0.25, 0.3) is 0 Å². The van der Waals surface area contributed by atoms with Crippen LogP contribution in [0.3, 0.4) is 0 Å². The van der Waals surface area contributed by atoms with Crippen LogP contribution in [-0.2, 0) is 6.42 Å². The van der Waals surface area contributed by atoms with Gasteiger partial charge in [-0.3, -0.25) is 0 Å². The zero-order chi connectivity index (χ0) is 9.36. The summed E-state index contributed by atoms with van der Waals surface area (Å²) in [6, 6.07) is 10.7. The molecule has 0 aliphatic rings. The van der Waals surface area contributed by atoms with Crippen LogP contribution in [0, 0.1) is 6.42 Å². The summed E-state index contributed by atoms with van der Waals surface area (Å²) < 4.78 is 0. The van der Waals surface area contributed by atoms with Gasteiger partial charge in [0.1, 0.15) is 0 Å². The molecule has 0 spiro atoms. The Hall–Kier alpha value is -1.04. The molecule has 1 aromatic rings. The highest BCUT2D eigenvalue weighted by molar-refractivity contribution is 5.14. The molecule has 0 fully saturated rings. The van der Waals surface area contributed by atoms with Crippen LogP contribution in [-0.4, -0.2) is 0 Å². The molecule has 13 heavy (non-hydrogen) atoms. The molecule has 1 rings (SSSR count). The van der Waals surface area contributed by atoms with Gasteiger partial charge < -0.3 is 0 Å². The first-order valence-corrected chi connectivity index (χ1v) is 4.91. The summed E-state index contributed by atoms with van der Waals surface area (Å²) in [5.74, 6) is 0. The number of unbranched alkanes of at least 4 members (excludes halogenated alkanes) is 3. The predicted octanol–water partition coefficient (Wildman–Crippen LogP) is 3.79. The molecule has 0 aromatic heterocycles. The monoisotopic (exact) mass is 173 g/mol. The Kier molecular flexibility index (Phi) is 5.00. The maximum Gasteiger partial charge on any atom is -0.0173 e. The van der Waals surface area contributed by atoms with Crippen LogP contribution in [0.1, 0.15) is 24.8 Å². The summed E-state index contributed by atoms with van der Waals surface area (Å²) in [5, 5.41) is 0. The van der Waals surface area contributed by atoms with Gasteiger partial charge in [0.05, 0.1) is 0 Å². The molecule has 0 saturated heterocycles. The summed E-state index contributed by atoms with van der Waals surface area (Å²) in [5.41, 5.74) is 1.45. The topological polar surface area (TPSA) is 0 Å². The van der Waals surface area contributed by atoms with E-state index in [1.807, 2.05) is 6.08 Å². The Morgan fingerprint density at radius 1 is 1.08 bits per heavy atom. The van der Waals surface area contributed by atoms with Crippen molar-refractivity contribution in [3.63, 3.8) is 0 Å². The predicted molar refractivity (Wildman–Crippen MR) is 58.5 cm³/mol. The van der Waals surface area contributed by atoms with E-state index >= 15 is 0 Å². The Labute approximate surface area is 81.3 Å².